The Morgan fingerprint density at radius 3 is 2.38 bits per heavy atom. The van der Waals surface area contributed by atoms with Crippen LogP contribution in [0.25, 0.3) is 22.2 Å². The van der Waals surface area contributed by atoms with Crippen LogP contribution in [0, 0.1) is 5.92 Å². The second-order valence-corrected chi connectivity index (χ2v) is 8.67. The average molecular weight is 530 g/mol. The fraction of sp³-hybridized carbons (Fsp3) is 0.391. The summed E-state index contributed by atoms with van der Waals surface area (Å²) in [5.41, 5.74) is 2.54. The summed E-state index contributed by atoms with van der Waals surface area (Å²) in [6.45, 7) is 1.76. The van der Waals surface area contributed by atoms with E-state index in [-0.39, 0.29) is 12.5 Å². The van der Waals surface area contributed by atoms with Crippen LogP contribution in [0.5, 0.6) is 0 Å². The summed E-state index contributed by atoms with van der Waals surface area (Å²) in [6, 6.07) is 2.35. The quantitative estimate of drug-likeness (QED) is 0.308. The Morgan fingerprint density at radius 1 is 1.00 bits per heavy atom. The van der Waals surface area contributed by atoms with E-state index < -0.39 is 43.2 Å². The van der Waals surface area contributed by atoms with E-state index in [0.717, 1.165) is 0 Å². The average Bonchev–Trinajstić information content (AvgIpc) is 3.21. The zero-order valence-corrected chi connectivity index (χ0v) is 19.7. The smallest absolute Gasteiger partial charge is 0.372 e. The molecule has 0 radical (unpaired) electrons. The van der Waals surface area contributed by atoms with Crippen molar-refractivity contribution in [1.29, 1.82) is 0 Å². The Morgan fingerprint density at radius 2 is 1.73 bits per heavy atom. The molecule has 3 aromatic heterocycles. The molecule has 0 saturated heterocycles. The van der Waals surface area contributed by atoms with Crippen molar-refractivity contribution in [2.75, 3.05) is 11.9 Å². The molecule has 0 bridgehead atoms. The number of amides is 2. The van der Waals surface area contributed by atoms with E-state index in [1.54, 1.807) is 32.2 Å². The number of halogens is 6. The van der Waals surface area contributed by atoms with Gasteiger partial charge >= 0.3 is 12.4 Å². The number of anilines is 1. The number of hydrogen-bond donors (Lipinski definition) is 4. The van der Waals surface area contributed by atoms with Gasteiger partial charge in [0.05, 0.1) is 5.69 Å². The molecule has 0 spiro atoms. The van der Waals surface area contributed by atoms with Gasteiger partial charge < -0.3 is 20.9 Å². The summed E-state index contributed by atoms with van der Waals surface area (Å²) >= 11 is 0. The van der Waals surface area contributed by atoms with E-state index in [9.17, 15) is 35.9 Å². The maximum absolute atomic E-state index is 12.5. The van der Waals surface area contributed by atoms with Gasteiger partial charge in [0.1, 0.15) is 24.7 Å². The number of nitrogens with one attached hydrogen (secondary N) is 4. The summed E-state index contributed by atoms with van der Waals surface area (Å²) in [7, 11) is 0. The van der Waals surface area contributed by atoms with Crippen molar-refractivity contribution >= 4 is 28.5 Å². The number of carbonyl (C=O) groups excluding carboxylic acids is 2. The lowest BCUT2D eigenvalue weighted by Gasteiger charge is -2.23. The fourth-order valence-electron chi connectivity index (χ4n) is 3.51. The number of H-pyrrole nitrogens is 1. The molecule has 14 heteroatoms. The van der Waals surface area contributed by atoms with Crippen LogP contribution in [0.3, 0.4) is 0 Å². The molecular formula is C23H24F6N6O2. The van der Waals surface area contributed by atoms with Gasteiger partial charge in [0.15, 0.2) is 0 Å². The second-order valence-electron chi connectivity index (χ2n) is 8.67. The number of fused-ring (bicyclic) bond motifs is 1. The molecular weight excluding hydrogens is 506 g/mol. The van der Waals surface area contributed by atoms with Gasteiger partial charge in [-0.15, -0.1) is 0 Å². The summed E-state index contributed by atoms with van der Waals surface area (Å²) in [5, 5.41) is 7.60. The van der Waals surface area contributed by atoms with Crippen molar-refractivity contribution in [2.45, 2.75) is 45.2 Å². The Kier molecular flexibility index (Phi) is 8.28. The van der Waals surface area contributed by atoms with Gasteiger partial charge in [-0.1, -0.05) is 13.8 Å². The van der Waals surface area contributed by atoms with Crippen LogP contribution in [0.2, 0.25) is 0 Å². The predicted octanol–water partition coefficient (Wildman–Crippen LogP) is 4.31. The maximum atomic E-state index is 12.5. The summed E-state index contributed by atoms with van der Waals surface area (Å²) in [6.07, 6.45) is -4.73. The number of aromatic nitrogens is 3. The topological polar surface area (TPSA) is 112 Å². The standard InChI is InChI=1S/C23H24F6N6O2/c1-12(2)19(21(37)34-11-23(27,28)29)35-15-4-14(8-30-9-15)17-10-33-20-16(17)3-13(7-32-20)6-31-18(36)5-22(24,25)26/h3-4,7-10,12,19,35H,5-6,11H2,1-2H3,(H,31,36)(H,32,33)(H,34,37)/t19-/m0/s1. The molecule has 4 N–H and O–H groups in total. The molecule has 1 atom stereocenters. The van der Waals surface area contributed by atoms with E-state index in [0.29, 0.717) is 33.4 Å². The minimum Gasteiger partial charge on any atom is -0.372 e. The zero-order chi connectivity index (χ0) is 27.4. The van der Waals surface area contributed by atoms with Gasteiger partial charge in [-0.25, -0.2) is 4.98 Å². The van der Waals surface area contributed by atoms with E-state index >= 15 is 0 Å². The highest BCUT2D eigenvalue weighted by molar-refractivity contribution is 5.94. The Labute approximate surface area is 207 Å². The van der Waals surface area contributed by atoms with Gasteiger partial charge in [-0.3, -0.25) is 14.6 Å². The molecule has 3 aromatic rings. The highest BCUT2D eigenvalue weighted by atomic mass is 19.4. The van der Waals surface area contributed by atoms with Gasteiger partial charge in [-0.2, -0.15) is 26.3 Å². The van der Waals surface area contributed by atoms with E-state index in [4.69, 9.17) is 0 Å². The largest absolute Gasteiger partial charge is 0.405 e. The number of pyridine rings is 2. The van der Waals surface area contributed by atoms with Crippen LogP contribution in [-0.2, 0) is 16.1 Å². The van der Waals surface area contributed by atoms with E-state index in [1.807, 2.05) is 5.32 Å². The number of aromatic amines is 1. The molecule has 0 unspecified atom stereocenters. The SMILES string of the molecule is CC(C)[C@H](Nc1cncc(-c2c[nH]c3ncc(CNC(=O)CC(F)(F)F)cc23)c1)C(=O)NCC(F)(F)F. The molecule has 0 aliphatic heterocycles. The van der Waals surface area contributed by atoms with E-state index in [1.165, 1.54) is 18.6 Å². The molecule has 8 nitrogen and oxygen atoms in total. The lowest BCUT2D eigenvalue weighted by atomic mass is 10.0. The number of carbonyl (C=O) groups is 2. The van der Waals surface area contributed by atoms with E-state index in [2.05, 4.69) is 25.6 Å². The highest BCUT2D eigenvalue weighted by Gasteiger charge is 2.31. The molecule has 0 fully saturated rings. The number of hydrogen-bond acceptors (Lipinski definition) is 5. The third-order valence-electron chi connectivity index (χ3n) is 5.22. The summed E-state index contributed by atoms with van der Waals surface area (Å²) in [4.78, 5) is 35.2. The Bertz CT molecular complexity index is 1250. The molecule has 0 aliphatic carbocycles. The zero-order valence-electron chi connectivity index (χ0n) is 19.7. The van der Waals surface area contributed by atoms with Gasteiger partial charge in [0.2, 0.25) is 11.8 Å². The molecule has 3 rings (SSSR count). The minimum atomic E-state index is -4.61. The van der Waals surface area contributed by atoms with Crippen LogP contribution in [-0.4, -0.2) is 51.7 Å². The molecule has 3 heterocycles. The van der Waals surface area contributed by atoms with Crippen molar-refractivity contribution in [1.82, 2.24) is 25.6 Å². The van der Waals surface area contributed by atoms with Gasteiger partial charge in [0.25, 0.3) is 0 Å². The number of rotatable bonds is 9. The third kappa shape index (κ3) is 8.08. The summed E-state index contributed by atoms with van der Waals surface area (Å²) < 4.78 is 74.6. The maximum Gasteiger partial charge on any atom is 0.405 e. The monoisotopic (exact) mass is 530 g/mol. The van der Waals surface area contributed by atoms with Crippen molar-refractivity contribution in [2.24, 2.45) is 5.92 Å². The van der Waals surface area contributed by atoms with Crippen LogP contribution in [0.4, 0.5) is 32.0 Å². The van der Waals surface area contributed by atoms with Gasteiger partial charge in [-0.05, 0) is 23.6 Å². The first-order valence-corrected chi connectivity index (χ1v) is 11.1. The van der Waals surface area contributed by atoms with Crippen LogP contribution < -0.4 is 16.0 Å². The van der Waals surface area contributed by atoms with Crippen LogP contribution in [0.15, 0.2) is 36.9 Å². The number of nitrogens with zero attached hydrogens (tertiary/aromatic N) is 2. The molecule has 0 saturated carbocycles. The first kappa shape index (κ1) is 27.7. The molecule has 37 heavy (non-hydrogen) atoms. The lowest BCUT2D eigenvalue weighted by Crippen LogP contribution is -2.46. The van der Waals surface area contributed by atoms with Crippen molar-refractivity contribution in [3.05, 3.63) is 42.5 Å². The van der Waals surface area contributed by atoms with Crippen molar-refractivity contribution < 1.29 is 35.9 Å². The predicted molar refractivity (Wildman–Crippen MR) is 123 cm³/mol. The molecule has 0 aliphatic rings. The highest BCUT2D eigenvalue weighted by Crippen LogP contribution is 2.30. The van der Waals surface area contributed by atoms with Crippen molar-refractivity contribution in [3.63, 3.8) is 0 Å². The molecule has 200 valence electrons. The lowest BCUT2D eigenvalue weighted by molar-refractivity contribution is -0.153. The van der Waals surface area contributed by atoms with Crippen LogP contribution in [0.1, 0.15) is 25.8 Å². The molecule has 0 aromatic carbocycles. The minimum absolute atomic E-state index is 0.161. The Hall–Kier alpha value is -3.84. The normalized spacial score (nSPS) is 13.0. The molecule has 2 amide bonds. The fourth-order valence-corrected chi connectivity index (χ4v) is 3.51. The van der Waals surface area contributed by atoms with Crippen molar-refractivity contribution in [3.8, 4) is 11.1 Å². The first-order chi connectivity index (χ1) is 17.2. The van der Waals surface area contributed by atoms with Gasteiger partial charge in [0, 0.05) is 47.8 Å². The number of alkyl halides is 6. The first-order valence-electron chi connectivity index (χ1n) is 11.1. The van der Waals surface area contributed by atoms with Crippen LogP contribution >= 0.6 is 0 Å². The third-order valence-corrected chi connectivity index (χ3v) is 5.22. The summed E-state index contributed by atoms with van der Waals surface area (Å²) in [5.74, 6) is -2.32. The Balaban J connectivity index is 1.79. The second kappa shape index (κ2) is 11.0.